The van der Waals surface area contributed by atoms with E-state index in [4.69, 9.17) is 15.0 Å². The molecule has 4 heteroatoms. The lowest BCUT2D eigenvalue weighted by Crippen LogP contribution is -2.55. The Morgan fingerprint density at radius 3 is 1.85 bits per heavy atom. The molecular formula is C51H40N4. The lowest BCUT2D eigenvalue weighted by atomic mass is 9.43. The van der Waals surface area contributed by atoms with Crippen LogP contribution >= 0.6 is 0 Å². The van der Waals surface area contributed by atoms with E-state index in [0.29, 0.717) is 29.0 Å². The summed E-state index contributed by atoms with van der Waals surface area (Å²) in [6.45, 7) is 2.11. The van der Waals surface area contributed by atoms with Crippen LogP contribution in [0.5, 0.6) is 0 Å². The van der Waals surface area contributed by atoms with Crippen LogP contribution in [0.25, 0.3) is 67.5 Å². The molecule has 4 fully saturated rings. The Morgan fingerprint density at radius 1 is 0.491 bits per heavy atom. The van der Waals surface area contributed by atoms with Gasteiger partial charge in [0, 0.05) is 22.1 Å². The third-order valence-electron chi connectivity index (χ3n) is 13.4. The third-order valence-corrected chi connectivity index (χ3v) is 13.4. The maximum atomic E-state index is 10.1. The molecule has 0 N–H and O–H groups in total. The quantitative estimate of drug-likeness (QED) is 0.179. The molecule has 5 aliphatic rings. The van der Waals surface area contributed by atoms with Crippen molar-refractivity contribution < 1.29 is 0 Å². The highest BCUT2D eigenvalue weighted by molar-refractivity contribution is 5.91. The van der Waals surface area contributed by atoms with E-state index < -0.39 is 0 Å². The van der Waals surface area contributed by atoms with Gasteiger partial charge in [-0.25, -0.2) is 15.0 Å². The zero-order chi connectivity index (χ0) is 36.7. The van der Waals surface area contributed by atoms with Crippen LogP contribution in [0.15, 0.2) is 140 Å². The van der Waals surface area contributed by atoms with Crippen LogP contribution in [0.1, 0.15) is 54.4 Å². The molecule has 5 aliphatic carbocycles. The topological polar surface area (TPSA) is 62.5 Å². The van der Waals surface area contributed by atoms with Gasteiger partial charge in [0.2, 0.25) is 0 Å². The van der Waals surface area contributed by atoms with Crippen molar-refractivity contribution in [3.05, 3.63) is 162 Å². The summed E-state index contributed by atoms with van der Waals surface area (Å²) >= 11 is 0. The summed E-state index contributed by atoms with van der Waals surface area (Å²) in [5, 5.41) is 10.1. The van der Waals surface area contributed by atoms with E-state index in [1.54, 1.807) is 0 Å². The van der Waals surface area contributed by atoms with Crippen molar-refractivity contribution in [1.82, 2.24) is 15.0 Å². The van der Waals surface area contributed by atoms with Gasteiger partial charge >= 0.3 is 0 Å². The predicted molar refractivity (Wildman–Crippen MR) is 220 cm³/mol. The van der Waals surface area contributed by atoms with E-state index in [-0.39, 0.29) is 5.41 Å². The highest BCUT2D eigenvalue weighted by Gasteiger charge is 2.62. The SMILES string of the molecule is Cc1ccc(-c2nc(-c3cccc(-c4ccccc4)c3)nc(-c3cccc4c3C3(c5ccc(-c6ccccc6C#N)cc5-4)C4CC5CC(C4)CC3C5)n2)cc1. The molecule has 1 heterocycles. The van der Waals surface area contributed by atoms with Crippen LogP contribution in [0.3, 0.4) is 0 Å². The van der Waals surface area contributed by atoms with Crippen molar-refractivity contribution in [2.24, 2.45) is 23.7 Å². The normalized spacial score (nSPS) is 22.7. The van der Waals surface area contributed by atoms with E-state index in [1.165, 1.54) is 59.9 Å². The minimum atomic E-state index is -0.105. The second kappa shape index (κ2) is 12.4. The van der Waals surface area contributed by atoms with Gasteiger partial charge in [0.15, 0.2) is 17.5 Å². The highest BCUT2D eigenvalue weighted by Crippen LogP contribution is 2.70. The molecule has 12 rings (SSSR count). The van der Waals surface area contributed by atoms with E-state index >= 15 is 0 Å². The second-order valence-electron chi connectivity index (χ2n) is 16.4. The smallest absolute Gasteiger partial charge is 0.164 e. The number of hydrogen-bond donors (Lipinski definition) is 0. The van der Waals surface area contributed by atoms with E-state index in [9.17, 15) is 5.26 Å². The number of aryl methyl sites for hydroxylation is 1. The highest BCUT2D eigenvalue weighted by atomic mass is 15.0. The molecule has 0 amide bonds. The number of aromatic nitrogens is 3. The minimum absolute atomic E-state index is 0.105. The summed E-state index contributed by atoms with van der Waals surface area (Å²) in [7, 11) is 0. The molecule has 1 spiro atoms. The largest absolute Gasteiger partial charge is 0.208 e. The average molecular weight is 709 g/mol. The van der Waals surface area contributed by atoms with Gasteiger partial charge in [-0.05, 0) is 125 Å². The fraction of sp³-hybridized carbons (Fsp3) is 0.216. The van der Waals surface area contributed by atoms with Crippen molar-refractivity contribution in [1.29, 1.82) is 5.26 Å². The molecule has 0 atom stereocenters. The summed E-state index contributed by atoms with van der Waals surface area (Å²) < 4.78 is 0. The molecule has 0 radical (unpaired) electrons. The van der Waals surface area contributed by atoms with Crippen LogP contribution in [-0.4, -0.2) is 15.0 Å². The Kier molecular flexibility index (Phi) is 7.29. The maximum Gasteiger partial charge on any atom is 0.164 e. The lowest BCUT2D eigenvalue weighted by molar-refractivity contribution is -0.0397. The van der Waals surface area contributed by atoms with Gasteiger partial charge in [0.25, 0.3) is 0 Å². The standard InChI is InChI=1S/C51H40N4/c1-31-17-19-35(20-18-31)48-53-49(38-13-7-12-36(28-38)34-9-3-2-4-10-34)55-50(54-48)44-16-8-15-43-45-29-37(42-14-6-5-11-39(42)30-52)21-22-46(45)51(47(43)44)40-24-32-23-33(26-40)27-41(51)25-32/h2-22,28-29,32-33,40-41H,23-27H2,1H3. The molecule has 0 saturated heterocycles. The van der Waals surface area contributed by atoms with Crippen LogP contribution < -0.4 is 0 Å². The summed E-state index contributed by atoms with van der Waals surface area (Å²) in [5.74, 6) is 4.89. The fourth-order valence-corrected chi connectivity index (χ4v) is 11.4. The van der Waals surface area contributed by atoms with Gasteiger partial charge in [0.05, 0.1) is 11.6 Å². The van der Waals surface area contributed by atoms with Crippen molar-refractivity contribution in [3.63, 3.8) is 0 Å². The first-order valence-corrected chi connectivity index (χ1v) is 19.8. The van der Waals surface area contributed by atoms with Crippen LogP contribution in [0.2, 0.25) is 0 Å². The van der Waals surface area contributed by atoms with Gasteiger partial charge in [-0.2, -0.15) is 5.26 Å². The Labute approximate surface area is 322 Å². The number of fused-ring (bicyclic) bond motifs is 3. The molecule has 4 saturated carbocycles. The van der Waals surface area contributed by atoms with Crippen LogP contribution in [0.4, 0.5) is 0 Å². The molecule has 7 aromatic rings. The molecule has 4 bridgehead atoms. The van der Waals surface area contributed by atoms with Crippen LogP contribution in [0, 0.1) is 41.9 Å². The van der Waals surface area contributed by atoms with Crippen LogP contribution in [-0.2, 0) is 5.41 Å². The first-order chi connectivity index (χ1) is 27.1. The number of nitriles is 1. The molecule has 4 nitrogen and oxygen atoms in total. The van der Waals surface area contributed by atoms with Gasteiger partial charge in [-0.1, -0.05) is 127 Å². The molecular weight excluding hydrogens is 669 g/mol. The van der Waals surface area contributed by atoms with Crippen molar-refractivity contribution in [3.8, 4) is 73.6 Å². The zero-order valence-electron chi connectivity index (χ0n) is 30.9. The fourth-order valence-electron chi connectivity index (χ4n) is 11.4. The molecule has 55 heavy (non-hydrogen) atoms. The Balaban J connectivity index is 1.15. The number of nitrogens with zero attached hydrogens (tertiary/aromatic N) is 4. The summed E-state index contributed by atoms with van der Waals surface area (Å²) in [6, 6.07) is 52.0. The lowest BCUT2D eigenvalue weighted by Gasteiger charge is -2.61. The Bertz CT molecular complexity index is 2660. The maximum absolute atomic E-state index is 10.1. The molecule has 264 valence electrons. The molecule has 0 aliphatic heterocycles. The van der Waals surface area contributed by atoms with E-state index in [0.717, 1.165) is 56.6 Å². The Morgan fingerprint density at radius 2 is 1.09 bits per heavy atom. The monoisotopic (exact) mass is 708 g/mol. The average Bonchev–Trinajstić information content (AvgIpc) is 3.53. The number of hydrogen-bond acceptors (Lipinski definition) is 4. The van der Waals surface area contributed by atoms with Crippen molar-refractivity contribution in [2.75, 3.05) is 0 Å². The summed E-state index contributed by atoms with van der Waals surface area (Å²) in [5.41, 5.74) is 14.7. The molecule has 0 unspecified atom stereocenters. The van der Waals surface area contributed by atoms with Gasteiger partial charge in [-0.15, -0.1) is 0 Å². The molecule has 6 aromatic carbocycles. The van der Waals surface area contributed by atoms with Gasteiger partial charge < -0.3 is 0 Å². The second-order valence-corrected chi connectivity index (χ2v) is 16.4. The summed E-state index contributed by atoms with van der Waals surface area (Å²) in [4.78, 5) is 16.0. The number of rotatable bonds is 5. The predicted octanol–water partition coefficient (Wildman–Crippen LogP) is 12.1. The van der Waals surface area contributed by atoms with E-state index in [2.05, 4.69) is 134 Å². The first kappa shape index (κ1) is 32.3. The molecule has 1 aromatic heterocycles. The van der Waals surface area contributed by atoms with Gasteiger partial charge in [0.1, 0.15) is 0 Å². The van der Waals surface area contributed by atoms with Gasteiger partial charge in [-0.3, -0.25) is 0 Å². The van der Waals surface area contributed by atoms with E-state index in [1.807, 2.05) is 18.2 Å². The Hall–Kier alpha value is -6.18. The minimum Gasteiger partial charge on any atom is -0.208 e. The number of benzene rings is 6. The van der Waals surface area contributed by atoms with Crippen molar-refractivity contribution >= 4 is 0 Å². The van der Waals surface area contributed by atoms with Crippen molar-refractivity contribution in [2.45, 2.75) is 44.4 Å². The summed E-state index contributed by atoms with van der Waals surface area (Å²) in [6.07, 6.45) is 6.52. The first-order valence-electron chi connectivity index (χ1n) is 19.8. The third kappa shape index (κ3) is 4.99. The zero-order valence-corrected chi connectivity index (χ0v) is 30.9.